The third-order valence-electron chi connectivity index (χ3n) is 7.03. The predicted molar refractivity (Wildman–Crippen MR) is 152 cm³/mol. The van der Waals surface area contributed by atoms with Crippen LogP contribution < -0.4 is 9.47 Å². The Balaban J connectivity index is 1.98. The molecule has 2 aromatic rings. The molecule has 0 radical (unpaired) electrons. The summed E-state index contributed by atoms with van der Waals surface area (Å²) in [5.74, 6) is -0.783. The van der Waals surface area contributed by atoms with Gasteiger partial charge in [-0.05, 0) is 87.8 Å². The first-order valence-electron chi connectivity index (χ1n) is 14.0. The molecule has 1 fully saturated rings. The lowest BCUT2D eigenvalue weighted by molar-refractivity contribution is -0.140. The van der Waals surface area contributed by atoms with Gasteiger partial charge in [0.1, 0.15) is 11.5 Å². The number of phenols is 1. The van der Waals surface area contributed by atoms with Gasteiger partial charge in [0.05, 0.1) is 25.3 Å². The van der Waals surface area contributed by atoms with Crippen LogP contribution in [0.3, 0.4) is 0 Å². The van der Waals surface area contributed by atoms with Crippen LogP contribution in [0.5, 0.6) is 17.2 Å². The minimum atomic E-state index is -0.813. The van der Waals surface area contributed by atoms with E-state index in [-0.39, 0.29) is 22.8 Å². The Morgan fingerprint density at radius 3 is 2.18 bits per heavy atom. The molecule has 0 saturated carbocycles. The van der Waals surface area contributed by atoms with Crippen LogP contribution in [0.4, 0.5) is 0 Å². The molecule has 39 heavy (non-hydrogen) atoms. The zero-order valence-electron chi connectivity index (χ0n) is 23.6. The molecule has 0 aliphatic carbocycles. The number of hydrogen-bond donors (Lipinski definition) is 2. The van der Waals surface area contributed by atoms with Crippen LogP contribution in [0.15, 0.2) is 48.0 Å². The number of aliphatic hydroxyl groups excluding tert-OH is 1. The van der Waals surface area contributed by atoms with E-state index in [1.165, 1.54) is 11.0 Å². The Morgan fingerprint density at radius 2 is 1.59 bits per heavy atom. The number of aliphatic hydroxyl groups is 1. The summed E-state index contributed by atoms with van der Waals surface area (Å²) in [4.78, 5) is 30.7. The van der Waals surface area contributed by atoms with Gasteiger partial charge in [0.25, 0.3) is 11.7 Å². The van der Waals surface area contributed by atoms with Crippen molar-refractivity contribution in [1.82, 2.24) is 9.80 Å². The van der Waals surface area contributed by atoms with Crippen LogP contribution in [0, 0.1) is 0 Å². The third-order valence-corrected chi connectivity index (χ3v) is 7.03. The SMILES string of the molecule is CCCCN(CCCC)CCCN1C(=O)C(=O)C(=C(O)c2ccc(OC)cc2)[C@@H]1c1ccc(O)c(OCC)c1. The second-order valence-electron chi connectivity index (χ2n) is 9.78. The fourth-order valence-electron chi connectivity index (χ4n) is 4.90. The van der Waals surface area contributed by atoms with Crippen molar-refractivity contribution in [3.63, 3.8) is 0 Å². The highest BCUT2D eigenvalue weighted by atomic mass is 16.5. The second kappa shape index (κ2) is 14.6. The van der Waals surface area contributed by atoms with Gasteiger partial charge >= 0.3 is 0 Å². The van der Waals surface area contributed by atoms with Crippen molar-refractivity contribution in [3.8, 4) is 17.2 Å². The van der Waals surface area contributed by atoms with Crippen LogP contribution in [0.2, 0.25) is 0 Å². The molecule has 1 amide bonds. The van der Waals surface area contributed by atoms with Crippen LogP contribution in [0.1, 0.15) is 70.0 Å². The number of likely N-dealkylation sites (tertiary alicyclic amines) is 1. The fraction of sp³-hybridized carbons (Fsp3) is 0.484. The molecule has 0 unspecified atom stereocenters. The maximum absolute atomic E-state index is 13.4. The van der Waals surface area contributed by atoms with Gasteiger partial charge in [0.15, 0.2) is 11.5 Å². The molecule has 8 nitrogen and oxygen atoms in total. The topological polar surface area (TPSA) is 99.5 Å². The van der Waals surface area contributed by atoms with Crippen molar-refractivity contribution >= 4 is 17.4 Å². The monoisotopic (exact) mass is 538 g/mol. The second-order valence-corrected chi connectivity index (χ2v) is 9.78. The van der Waals surface area contributed by atoms with E-state index >= 15 is 0 Å². The summed E-state index contributed by atoms with van der Waals surface area (Å²) in [7, 11) is 1.55. The Kier molecular flexibility index (Phi) is 11.2. The van der Waals surface area contributed by atoms with E-state index in [4.69, 9.17) is 9.47 Å². The molecule has 2 N–H and O–H groups in total. The van der Waals surface area contributed by atoms with E-state index in [2.05, 4.69) is 18.7 Å². The summed E-state index contributed by atoms with van der Waals surface area (Å²) in [6, 6.07) is 10.7. The molecule has 212 valence electrons. The molecule has 0 aromatic heterocycles. The highest BCUT2D eigenvalue weighted by Crippen LogP contribution is 2.42. The molecule has 1 aliphatic rings. The normalized spacial score (nSPS) is 16.7. The molecule has 1 atom stereocenters. The molecular weight excluding hydrogens is 496 g/mol. The summed E-state index contributed by atoms with van der Waals surface area (Å²) < 4.78 is 10.8. The van der Waals surface area contributed by atoms with E-state index in [9.17, 15) is 19.8 Å². The molecule has 0 spiro atoms. The summed E-state index contributed by atoms with van der Waals surface area (Å²) in [5.41, 5.74) is 1.01. The van der Waals surface area contributed by atoms with Crippen LogP contribution in [0.25, 0.3) is 5.76 Å². The van der Waals surface area contributed by atoms with E-state index in [0.717, 1.165) is 45.3 Å². The smallest absolute Gasteiger partial charge is 0.295 e. The highest BCUT2D eigenvalue weighted by molar-refractivity contribution is 6.46. The lowest BCUT2D eigenvalue weighted by Crippen LogP contribution is -2.34. The van der Waals surface area contributed by atoms with Gasteiger partial charge in [0.2, 0.25) is 0 Å². The number of amides is 1. The first kappa shape index (κ1) is 30.0. The zero-order valence-corrected chi connectivity index (χ0v) is 23.6. The van der Waals surface area contributed by atoms with Crippen molar-refractivity contribution in [2.24, 2.45) is 0 Å². The number of aromatic hydroxyl groups is 1. The Labute approximate surface area is 231 Å². The Hall–Kier alpha value is -3.52. The van der Waals surface area contributed by atoms with E-state index < -0.39 is 17.7 Å². The number of benzene rings is 2. The number of phenolic OH excluding ortho intramolecular Hbond substituents is 1. The molecule has 1 heterocycles. The number of carbonyl (C=O) groups excluding carboxylic acids is 2. The molecule has 3 rings (SSSR count). The number of unbranched alkanes of at least 4 members (excludes halogenated alkanes) is 2. The van der Waals surface area contributed by atoms with Crippen LogP contribution in [-0.4, -0.2) is 71.6 Å². The zero-order chi connectivity index (χ0) is 28.4. The fourth-order valence-corrected chi connectivity index (χ4v) is 4.90. The highest BCUT2D eigenvalue weighted by Gasteiger charge is 2.46. The largest absolute Gasteiger partial charge is 0.507 e. The number of nitrogens with zero attached hydrogens (tertiary/aromatic N) is 2. The number of ketones is 1. The molecule has 8 heteroatoms. The van der Waals surface area contributed by atoms with Gasteiger partial charge in [-0.3, -0.25) is 9.59 Å². The molecule has 1 saturated heterocycles. The quantitative estimate of drug-likeness (QED) is 0.175. The minimum Gasteiger partial charge on any atom is -0.507 e. The van der Waals surface area contributed by atoms with E-state index in [1.54, 1.807) is 43.5 Å². The van der Waals surface area contributed by atoms with Crippen molar-refractivity contribution in [3.05, 3.63) is 59.2 Å². The summed E-state index contributed by atoms with van der Waals surface area (Å²) in [6.07, 6.45) is 5.15. The molecule has 1 aliphatic heterocycles. The van der Waals surface area contributed by atoms with Gasteiger partial charge < -0.3 is 29.5 Å². The van der Waals surface area contributed by atoms with Gasteiger partial charge in [0, 0.05) is 12.1 Å². The minimum absolute atomic E-state index is 0.0205. The van der Waals surface area contributed by atoms with Crippen molar-refractivity contribution in [2.45, 2.75) is 58.9 Å². The molecular formula is C31H42N2O6. The number of carbonyl (C=O) groups is 2. The number of rotatable bonds is 15. The van der Waals surface area contributed by atoms with Gasteiger partial charge in [-0.25, -0.2) is 0 Å². The van der Waals surface area contributed by atoms with Crippen molar-refractivity contribution in [1.29, 1.82) is 0 Å². The van der Waals surface area contributed by atoms with Gasteiger partial charge in [-0.1, -0.05) is 32.8 Å². The summed E-state index contributed by atoms with van der Waals surface area (Å²) in [5, 5.41) is 21.6. The summed E-state index contributed by atoms with van der Waals surface area (Å²) in [6.45, 7) is 9.68. The van der Waals surface area contributed by atoms with Crippen LogP contribution in [-0.2, 0) is 9.59 Å². The van der Waals surface area contributed by atoms with E-state index in [1.807, 2.05) is 6.92 Å². The Morgan fingerprint density at radius 1 is 0.949 bits per heavy atom. The number of hydrogen-bond acceptors (Lipinski definition) is 7. The predicted octanol–water partition coefficient (Wildman–Crippen LogP) is 5.51. The van der Waals surface area contributed by atoms with Gasteiger partial charge in [-0.2, -0.15) is 0 Å². The number of methoxy groups -OCH3 is 1. The summed E-state index contributed by atoms with van der Waals surface area (Å²) >= 11 is 0. The van der Waals surface area contributed by atoms with Crippen LogP contribution >= 0.6 is 0 Å². The standard InChI is InChI=1S/C31H42N2O6/c1-5-8-17-32(18-9-6-2)19-10-20-33-28(23-13-16-25(34)26(21-23)39-7-3)27(30(36)31(33)37)29(35)22-11-14-24(38-4)15-12-22/h11-16,21,28,34-35H,5-10,17-20H2,1-4H3/t28-/m0/s1. The lowest BCUT2D eigenvalue weighted by atomic mass is 9.95. The maximum Gasteiger partial charge on any atom is 0.295 e. The molecule has 0 bridgehead atoms. The third kappa shape index (κ3) is 7.32. The lowest BCUT2D eigenvalue weighted by Gasteiger charge is -2.28. The average Bonchev–Trinajstić information content (AvgIpc) is 3.20. The van der Waals surface area contributed by atoms with Gasteiger partial charge in [-0.15, -0.1) is 0 Å². The molecule has 2 aromatic carbocycles. The first-order chi connectivity index (χ1) is 18.9. The Bertz CT molecular complexity index is 1140. The maximum atomic E-state index is 13.4. The van der Waals surface area contributed by atoms with Crippen molar-refractivity contribution in [2.75, 3.05) is 39.9 Å². The number of Topliss-reactive ketones (excluding diaryl/α,β-unsaturated/α-hetero) is 1. The number of ether oxygens (including phenoxy) is 2. The first-order valence-corrected chi connectivity index (χ1v) is 14.0. The van der Waals surface area contributed by atoms with E-state index in [0.29, 0.717) is 36.4 Å². The van der Waals surface area contributed by atoms with Crippen molar-refractivity contribution < 1.29 is 29.3 Å². The average molecular weight is 539 g/mol.